The molecule has 0 saturated carbocycles. The summed E-state index contributed by atoms with van der Waals surface area (Å²) in [5.41, 5.74) is 7.96. The van der Waals surface area contributed by atoms with E-state index in [1.165, 1.54) is 98.0 Å². The molecule has 0 nitrogen and oxygen atoms in total. The predicted molar refractivity (Wildman–Crippen MR) is 202 cm³/mol. The van der Waals surface area contributed by atoms with Gasteiger partial charge in [0.25, 0.3) is 0 Å². The molecule has 9 aromatic rings. The van der Waals surface area contributed by atoms with Crippen LogP contribution in [0.4, 0.5) is 0 Å². The van der Waals surface area contributed by atoms with Crippen LogP contribution in [-0.2, 0) is 0 Å². The smallest absolute Gasteiger partial charge is 0.00176 e. The van der Waals surface area contributed by atoms with Crippen LogP contribution in [0.1, 0.15) is 50.7 Å². The Kier molecular flexibility index (Phi) is 5.99. The molecule has 0 aromatic heterocycles. The van der Waals surface area contributed by atoms with E-state index in [-0.39, 0.29) is 0 Å². The average molecular weight is 589 g/mol. The summed E-state index contributed by atoms with van der Waals surface area (Å²) in [6.07, 6.45) is 0. The summed E-state index contributed by atoms with van der Waals surface area (Å²) in [5.74, 6) is 0.907. The number of fused-ring (bicyclic) bond motifs is 4. The van der Waals surface area contributed by atoms with Gasteiger partial charge in [-0.05, 0) is 134 Å². The molecule has 0 saturated heterocycles. The van der Waals surface area contributed by atoms with Crippen LogP contribution in [0.15, 0.2) is 133 Å². The van der Waals surface area contributed by atoms with E-state index in [9.17, 15) is 0 Å². The third kappa shape index (κ3) is 4.06. The highest BCUT2D eigenvalue weighted by molar-refractivity contribution is 6.27. The van der Waals surface area contributed by atoms with E-state index in [0.717, 1.165) is 0 Å². The van der Waals surface area contributed by atoms with Crippen molar-refractivity contribution in [2.45, 2.75) is 39.5 Å². The summed E-state index contributed by atoms with van der Waals surface area (Å²) in [6.45, 7) is 9.26. The minimum absolute atomic E-state index is 0.427. The highest BCUT2D eigenvalue weighted by atomic mass is 14.2. The Morgan fingerprint density at radius 3 is 1.65 bits per heavy atom. The lowest BCUT2D eigenvalue weighted by atomic mass is 9.83. The van der Waals surface area contributed by atoms with Crippen molar-refractivity contribution in [1.29, 1.82) is 0 Å². The van der Waals surface area contributed by atoms with Crippen LogP contribution in [0, 0.1) is 0 Å². The standard InChI is InChI=1S/C46H36/c1-27(2)37-18-15-30-16-20-41-43(28(3)4)26-44(42-22-21-40(37)45(30)46(41)42)36-14-12-32-23-31(10-11-33(32)25-36)34-17-19-39-35(24-34)13-9-29-7-5-6-8-38(29)39/h5-28H,1-4H3. The second-order valence-electron chi connectivity index (χ2n) is 13.7. The lowest BCUT2D eigenvalue weighted by Gasteiger charge is -2.21. The molecular formula is C46H36. The third-order valence-corrected chi connectivity index (χ3v) is 10.3. The van der Waals surface area contributed by atoms with Crippen LogP contribution in [0.3, 0.4) is 0 Å². The summed E-state index contributed by atoms with van der Waals surface area (Å²) in [4.78, 5) is 0. The van der Waals surface area contributed by atoms with Gasteiger partial charge in [-0.2, -0.15) is 0 Å². The molecule has 0 aliphatic carbocycles. The fourth-order valence-electron chi connectivity index (χ4n) is 7.95. The summed E-state index contributed by atoms with van der Waals surface area (Å²) < 4.78 is 0. The highest BCUT2D eigenvalue weighted by Gasteiger charge is 2.19. The largest absolute Gasteiger partial charge is 0.0616 e. The predicted octanol–water partition coefficient (Wildman–Crippen LogP) is 13.6. The van der Waals surface area contributed by atoms with E-state index in [4.69, 9.17) is 0 Å². The van der Waals surface area contributed by atoms with Crippen LogP contribution in [-0.4, -0.2) is 0 Å². The Bertz CT molecular complexity index is 2630. The first-order valence-corrected chi connectivity index (χ1v) is 16.6. The van der Waals surface area contributed by atoms with E-state index in [2.05, 4.69) is 161 Å². The molecule has 9 rings (SSSR count). The summed E-state index contributed by atoms with van der Waals surface area (Å²) in [7, 11) is 0. The molecule has 0 atom stereocenters. The molecule has 220 valence electrons. The molecule has 0 heteroatoms. The molecular weight excluding hydrogens is 553 g/mol. The monoisotopic (exact) mass is 588 g/mol. The summed E-state index contributed by atoms with van der Waals surface area (Å²) in [6, 6.07) is 50.5. The Morgan fingerprint density at radius 1 is 0.326 bits per heavy atom. The third-order valence-electron chi connectivity index (χ3n) is 10.3. The number of hydrogen-bond donors (Lipinski definition) is 0. The molecule has 0 radical (unpaired) electrons. The first-order valence-electron chi connectivity index (χ1n) is 16.6. The minimum atomic E-state index is 0.427. The molecule has 0 N–H and O–H groups in total. The molecule has 0 unspecified atom stereocenters. The fraction of sp³-hybridized carbons (Fsp3) is 0.130. The van der Waals surface area contributed by atoms with Crippen molar-refractivity contribution >= 4 is 64.6 Å². The van der Waals surface area contributed by atoms with Crippen LogP contribution < -0.4 is 0 Å². The van der Waals surface area contributed by atoms with Gasteiger partial charge < -0.3 is 0 Å². The molecule has 0 bridgehead atoms. The molecule has 0 spiro atoms. The quantitative estimate of drug-likeness (QED) is 0.179. The highest BCUT2D eigenvalue weighted by Crippen LogP contribution is 2.45. The van der Waals surface area contributed by atoms with Crippen LogP contribution >= 0.6 is 0 Å². The molecule has 0 aliphatic heterocycles. The Labute approximate surface area is 270 Å². The second-order valence-corrected chi connectivity index (χ2v) is 13.7. The zero-order valence-corrected chi connectivity index (χ0v) is 26.9. The Hall–Kier alpha value is -5.20. The zero-order chi connectivity index (χ0) is 31.1. The lowest BCUT2D eigenvalue weighted by Crippen LogP contribution is -1.97. The first-order chi connectivity index (χ1) is 22.4. The van der Waals surface area contributed by atoms with Gasteiger partial charge >= 0.3 is 0 Å². The van der Waals surface area contributed by atoms with Gasteiger partial charge in [-0.1, -0.05) is 137 Å². The van der Waals surface area contributed by atoms with Crippen LogP contribution in [0.2, 0.25) is 0 Å². The summed E-state index contributed by atoms with van der Waals surface area (Å²) in [5, 5.41) is 16.0. The molecule has 0 fully saturated rings. The Morgan fingerprint density at radius 2 is 0.848 bits per heavy atom. The van der Waals surface area contributed by atoms with E-state index in [1.807, 2.05) is 0 Å². The van der Waals surface area contributed by atoms with E-state index >= 15 is 0 Å². The lowest BCUT2D eigenvalue weighted by molar-refractivity contribution is 0.876. The van der Waals surface area contributed by atoms with Crippen molar-refractivity contribution in [1.82, 2.24) is 0 Å². The topological polar surface area (TPSA) is 0 Å². The van der Waals surface area contributed by atoms with Gasteiger partial charge in [-0.25, -0.2) is 0 Å². The van der Waals surface area contributed by atoms with Crippen LogP contribution in [0.5, 0.6) is 0 Å². The Balaban J connectivity index is 1.20. The second kappa shape index (κ2) is 10.2. The van der Waals surface area contributed by atoms with Crippen molar-refractivity contribution < 1.29 is 0 Å². The maximum absolute atomic E-state index is 2.46. The van der Waals surface area contributed by atoms with Gasteiger partial charge in [-0.3, -0.25) is 0 Å². The van der Waals surface area contributed by atoms with Gasteiger partial charge in [0, 0.05) is 0 Å². The molecule has 0 heterocycles. The fourth-order valence-corrected chi connectivity index (χ4v) is 7.95. The maximum Gasteiger partial charge on any atom is -0.00176 e. The van der Waals surface area contributed by atoms with Crippen molar-refractivity contribution in [2.24, 2.45) is 0 Å². The molecule has 9 aromatic carbocycles. The normalized spacial score (nSPS) is 12.3. The maximum atomic E-state index is 2.46. The average Bonchev–Trinajstić information content (AvgIpc) is 3.09. The number of benzene rings is 9. The SMILES string of the molecule is CC(C)c1ccc2ccc3c(C(C)C)cc(-c4ccc5cc(-c6ccc7c(ccc8ccccc87)c6)ccc5c4)c4ccc1c2c43. The summed E-state index contributed by atoms with van der Waals surface area (Å²) >= 11 is 0. The number of hydrogen-bond acceptors (Lipinski definition) is 0. The van der Waals surface area contributed by atoms with Crippen LogP contribution in [0.25, 0.3) is 86.9 Å². The number of rotatable bonds is 4. The van der Waals surface area contributed by atoms with Gasteiger partial charge in [0.15, 0.2) is 0 Å². The van der Waals surface area contributed by atoms with Gasteiger partial charge in [0.1, 0.15) is 0 Å². The van der Waals surface area contributed by atoms with Crippen molar-refractivity contribution in [3.05, 3.63) is 145 Å². The van der Waals surface area contributed by atoms with E-state index in [1.54, 1.807) is 0 Å². The van der Waals surface area contributed by atoms with Crippen molar-refractivity contribution in [3.63, 3.8) is 0 Å². The zero-order valence-electron chi connectivity index (χ0n) is 26.9. The van der Waals surface area contributed by atoms with Crippen molar-refractivity contribution in [2.75, 3.05) is 0 Å². The van der Waals surface area contributed by atoms with E-state index < -0.39 is 0 Å². The van der Waals surface area contributed by atoms with Gasteiger partial charge in [0.05, 0.1) is 0 Å². The van der Waals surface area contributed by atoms with Gasteiger partial charge in [-0.15, -0.1) is 0 Å². The minimum Gasteiger partial charge on any atom is -0.0616 e. The van der Waals surface area contributed by atoms with Crippen molar-refractivity contribution in [3.8, 4) is 22.3 Å². The van der Waals surface area contributed by atoms with E-state index in [0.29, 0.717) is 11.8 Å². The molecule has 46 heavy (non-hydrogen) atoms. The molecule has 0 amide bonds. The van der Waals surface area contributed by atoms with Gasteiger partial charge in [0.2, 0.25) is 0 Å². The molecule has 0 aliphatic rings. The first kappa shape index (κ1) is 27.1.